The second-order valence-electron chi connectivity index (χ2n) is 38.2. The highest BCUT2D eigenvalue weighted by Gasteiger charge is 2.61. The Morgan fingerprint density at radius 3 is 0.850 bits per heavy atom. The van der Waals surface area contributed by atoms with Gasteiger partial charge in [-0.25, -0.2) is 0 Å². The van der Waals surface area contributed by atoms with Crippen LogP contribution in [0.3, 0.4) is 0 Å². The number of unbranched alkanes of at least 4 members (excludes halogenated alkanes) is 2. The Morgan fingerprint density at radius 2 is 0.525 bits per heavy atom. The molecule has 0 heterocycles. The fourth-order valence-electron chi connectivity index (χ4n) is 27.5. The predicted molar refractivity (Wildman–Crippen MR) is 501 cm³/mol. The molecule has 8 bridgehead atoms. The molecule has 0 aromatic heterocycles. The third-order valence-electron chi connectivity index (χ3n) is 31.6. The summed E-state index contributed by atoms with van der Waals surface area (Å²) in [7, 11) is 0. The van der Waals surface area contributed by atoms with Gasteiger partial charge in [0.1, 0.15) is 0 Å². The first kappa shape index (κ1) is 73.3. The van der Waals surface area contributed by atoms with E-state index in [4.69, 9.17) is 0 Å². The van der Waals surface area contributed by atoms with Gasteiger partial charge in [0.25, 0.3) is 0 Å². The number of aryl methyl sites for hydroxylation is 2. The van der Waals surface area contributed by atoms with E-state index < -0.39 is 0 Å². The van der Waals surface area contributed by atoms with E-state index in [-0.39, 0.29) is 32.5 Å². The third kappa shape index (κ3) is 11.2. The summed E-state index contributed by atoms with van der Waals surface area (Å²) in [6, 6.07) is 127. The molecule has 588 valence electrons. The summed E-state index contributed by atoms with van der Waals surface area (Å²) < 4.78 is 0. The Hall–Kier alpha value is -11.8. The lowest BCUT2D eigenvalue weighted by Crippen LogP contribution is -2.55. The van der Waals surface area contributed by atoms with Gasteiger partial charge in [-0.05, 0) is 354 Å². The van der Waals surface area contributed by atoms with Crippen LogP contribution in [-0.4, -0.2) is 0 Å². The number of hydrogen-bond acceptors (Lipinski definition) is 2. The smallest absolute Gasteiger partial charge is 0.0726 e. The van der Waals surface area contributed by atoms with Gasteiger partial charge in [-0.15, -0.1) is 0 Å². The van der Waals surface area contributed by atoms with Gasteiger partial charge in [-0.1, -0.05) is 307 Å². The summed E-state index contributed by atoms with van der Waals surface area (Å²) in [5, 5.41) is 0. The minimum absolute atomic E-state index is 0.237. The van der Waals surface area contributed by atoms with Crippen LogP contribution in [0.15, 0.2) is 341 Å². The van der Waals surface area contributed by atoms with Crippen molar-refractivity contribution in [1.82, 2.24) is 0 Å². The number of rotatable bonds is 18. The SMILES string of the molecule is C=Cc1ccc(C23CC4CC(C2)CC(c2ccc(N(c5ccc(CCCC)cc5)c5ccc6c(c5)-c5ccccc5C65c6ccccc6-c6ccccc65)cc2)(C4)C3)cc1.C=Cc1ccc(C23CC4CC(C2)CC(c2ccc(N(c5ccc(CCCC)cc5)c5ccc6c(c5)C5(c7ccccc7-c7ccccc75)c5ccccc5-6)cc2)(C4)C3)cc1. The molecule has 120 heavy (non-hydrogen) atoms. The van der Waals surface area contributed by atoms with Crippen molar-refractivity contribution >= 4 is 46.3 Å². The molecule has 12 aliphatic rings. The normalized spacial score (nSPS) is 23.2. The van der Waals surface area contributed by atoms with Gasteiger partial charge in [0.05, 0.1) is 10.8 Å². The van der Waals surface area contributed by atoms with Crippen molar-refractivity contribution in [3.05, 3.63) is 430 Å². The van der Waals surface area contributed by atoms with E-state index in [2.05, 4.69) is 364 Å². The number of nitrogens with zero attached hydrogens (tertiary/aromatic N) is 2. The van der Waals surface area contributed by atoms with Crippen molar-refractivity contribution in [3.8, 4) is 44.5 Å². The lowest BCUT2D eigenvalue weighted by molar-refractivity contribution is -0.0282. The van der Waals surface area contributed by atoms with Crippen molar-refractivity contribution in [3.63, 3.8) is 0 Å². The highest BCUT2D eigenvalue weighted by molar-refractivity contribution is 5.99. The summed E-state index contributed by atoms with van der Waals surface area (Å²) in [6.45, 7) is 12.6. The molecule has 0 radical (unpaired) electrons. The second-order valence-corrected chi connectivity index (χ2v) is 38.2. The first-order valence-corrected chi connectivity index (χ1v) is 45.4. The molecule has 0 aliphatic heterocycles. The largest absolute Gasteiger partial charge is 0.310 e. The van der Waals surface area contributed by atoms with Crippen LogP contribution in [0.2, 0.25) is 0 Å². The van der Waals surface area contributed by atoms with Crippen molar-refractivity contribution in [2.24, 2.45) is 23.7 Å². The lowest BCUT2D eigenvalue weighted by Gasteiger charge is -2.63. The van der Waals surface area contributed by atoms with E-state index in [1.54, 1.807) is 22.3 Å². The van der Waals surface area contributed by atoms with Crippen molar-refractivity contribution in [1.29, 1.82) is 0 Å². The number of benzene rings is 14. The molecular formula is C118H106N2. The van der Waals surface area contributed by atoms with Crippen LogP contribution in [0, 0.1) is 23.7 Å². The zero-order valence-corrected chi connectivity index (χ0v) is 69.7. The fraction of sp³-hybridized carbons (Fsp3) is 0.254. The molecule has 4 atom stereocenters. The molecule has 14 aromatic rings. The summed E-state index contributed by atoms with van der Waals surface area (Å²) in [5.74, 6) is 3.23. The van der Waals surface area contributed by atoms with Gasteiger partial charge in [0.2, 0.25) is 0 Å². The molecule has 4 unspecified atom stereocenters. The molecular weight excluding hydrogens is 1450 g/mol. The molecule has 8 saturated carbocycles. The molecule has 0 saturated heterocycles. The van der Waals surface area contributed by atoms with Gasteiger partial charge >= 0.3 is 0 Å². The van der Waals surface area contributed by atoms with Gasteiger partial charge in [-0.2, -0.15) is 0 Å². The minimum Gasteiger partial charge on any atom is -0.310 e. The molecule has 12 aliphatic carbocycles. The maximum Gasteiger partial charge on any atom is 0.0726 e. The van der Waals surface area contributed by atoms with Crippen molar-refractivity contribution in [2.75, 3.05) is 9.80 Å². The summed E-state index contributed by atoms with van der Waals surface area (Å²) >= 11 is 0. The quantitative estimate of drug-likeness (QED) is 0.0845. The van der Waals surface area contributed by atoms with Crippen LogP contribution in [-0.2, 0) is 45.3 Å². The Morgan fingerprint density at radius 1 is 0.267 bits per heavy atom. The molecule has 2 heteroatoms. The van der Waals surface area contributed by atoms with E-state index in [0.717, 1.165) is 36.5 Å². The van der Waals surface area contributed by atoms with Gasteiger partial charge in [0.15, 0.2) is 0 Å². The second kappa shape index (κ2) is 28.4. The van der Waals surface area contributed by atoms with Crippen molar-refractivity contribution < 1.29 is 0 Å². The average Bonchev–Trinajstić information content (AvgIpc) is 1.45. The topological polar surface area (TPSA) is 6.48 Å². The molecule has 14 aromatic carbocycles. The van der Waals surface area contributed by atoms with E-state index in [9.17, 15) is 0 Å². The van der Waals surface area contributed by atoms with E-state index in [1.165, 1.54) is 248 Å². The van der Waals surface area contributed by atoms with E-state index in [1.807, 2.05) is 12.2 Å². The zero-order valence-electron chi connectivity index (χ0n) is 69.7. The van der Waals surface area contributed by atoms with Crippen LogP contribution in [0.1, 0.15) is 206 Å². The van der Waals surface area contributed by atoms with E-state index >= 15 is 0 Å². The molecule has 2 spiro atoms. The summed E-state index contributed by atoms with van der Waals surface area (Å²) in [5.41, 5.74) is 40.8. The Bertz CT molecular complexity index is 6210. The third-order valence-corrected chi connectivity index (χ3v) is 31.6. The standard InChI is InChI=1S/2C59H53N/c1-3-5-12-41-21-27-46(28-22-41)60(47-29-25-45(26-30-47)58-37-42-33-43(38-58)36-57(35-42,39-58)44-23-19-40(4-2)20-24-44)48-31-32-56-52(34-48)51-15-8-11-18-55(51)59(56)53-16-9-6-13-49(53)50-14-7-10-17-54(50)59;1-3-5-12-41-21-27-46(28-22-41)60(47-29-25-45(26-30-47)58-37-42-33-43(38-58)36-57(35-42,39-58)44-23-19-40(4-2)20-24-44)48-31-32-52-51-15-8-11-18-55(51)59(56(52)34-48)53-16-9-6-13-49(53)50-14-7-10-17-54(50)59/h2*4,6-11,13-32,34,42-43H,2-3,5,12,33,35-39H2,1H3. The van der Waals surface area contributed by atoms with Crippen LogP contribution in [0.5, 0.6) is 0 Å². The summed E-state index contributed by atoms with van der Waals surface area (Å²) in [4.78, 5) is 5.04. The van der Waals surface area contributed by atoms with Crippen LogP contribution in [0.4, 0.5) is 34.1 Å². The highest BCUT2D eigenvalue weighted by atomic mass is 15.1. The molecule has 0 N–H and O–H groups in total. The molecule has 8 fully saturated rings. The zero-order chi connectivity index (χ0) is 80.1. The average molecular weight is 1550 g/mol. The Kier molecular flexibility index (Phi) is 17.4. The lowest BCUT2D eigenvalue weighted by atomic mass is 9.41. The number of fused-ring (bicyclic) bond motifs is 20. The highest BCUT2D eigenvalue weighted by Crippen LogP contribution is 2.70. The first-order chi connectivity index (χ1) is 59.0. The fourth-order valence-corrected chi connectivity index (χ4v) is 27.5. The van der Waals surface area contributed by atoms with Gasteiger partial charge in [0, 0.05) is 34.1 Å². The maximum absolute atomic E-state index is 4.03. The molecule has 26 rings (SSSR count). The molecule has 0 amide bonds. The van der Waals surface area contributed by atoms with Gasteiger partial charge in [-0.3, -0.25) is 0 Å². The number of anilines is 6. The van der Waals surface area contributed by atoms with Crippen molar-refractivity contribution in [2.45, 2.75) is 162 Å². The van der Waals surface area contributed by atoms with E-state index in [0.29, 0.717) is 0 Å². The summed E-state index contributed by atoms with van der Waals surface area (Å²) in [6.07, 6.45) is 27.1. The predicted octanol–water partition coefficient (Wildman–Crippen LogP) is 30.6. The van der Waals surface area contributed by atoms with Gasteiger partial charge < -0.3 is 9.80 Å². The monoisotopic (exact) mass is 1550 g/mol. The first-order valence-electron chi connectivity index (χ1n) is 45.4. The van der Waals surface area contributed by atoms with Crippen LogP contribution < -0.4 is 9.80 Å². The Balaban J connectivity index is 0.000000140. The maximum atomic E-state index is 4.03. The van der Waals surface area contributed by atoms with Crippen LogP contribution >= 0.6 is 0 Å². The molecule has 2 nitrogen and oxygen atoms in total. The Labute approximate surface area is 711 Å². The van der Waals surface area contributed by atoms with Crippen LogP contribution in [0.25, 0.3) is 56.7 Å². The number of hydrogen-bond donors (Lipinski definition) is 0. The minimum atomic E-state index is -0.380.